The van der Waals surface area contributed by atoms with Gasteiger partial charge in [-0.25, -0.2) is 23.5 Å². The van der Waals surface area contributed by atoms with Crippen molar-refractivity contribution in [2.75, 3.05) is 24.5 Å². The highest BCUT2D eigenvalue weighted by atomic mass is 19.4. The Balaban J connectivity index is 1.52. The van der Waals surface area contributed by atoms with Crippen LogP contribution >= 0.6 is 0 Å². The number of rotatable bonds is 5. The van der Waals surface area contributed by atoms with E-state index in [2.05, 4.69) is 4.98 Å². The lowest BCUT2D eigenvalue weighted by Crippen LogP contribution is -2.46. The van der Waals surface area contributed by atoms with Crippen molar-refractivity contribution in [3.8, 4) is 5.69 Å². The first-order chi connectivity index (χ1) is 21.0. The van der Waals surface area contributed by atoms with E-state index in [1.807, 2.05) is 5.32 Å². The molecule has 0 bridgehead atoms. The Labute approximate surface area is 253 Å². The summed E-state index contributed by atoms with van der Waals surface area (Å²) in [5, 5.41) is 1.60. The van der Waals surface area contributed by atoms with Crippen LogP contribution in [0.4, 0.5) is 32.6 Å². The fourth-order valence-electron chi connectivity index (χ4n) is 5.57. The number of nitrogens with one attached hydrogen (secondary N) is 1. The minimum atomic E-state index is -4.78. The van der Waals surface area contributed by atoms with Crippen LogP contribution in [-0.4, -0.2) is 69.8 Å². The van der Waals surface area contributed by atoms with Gasteiger partial charge in [-0.1, -0.05) is 6.92 Å². The largest absolute Gasteiger partial charge is 0.443 e. The zero-order valence-electron chi connectivity index (χ0n) is 24.7. The molecule has 0 aliphatic carbocycles. The van der Waals surface area contributed by atoms with Crippen molar-refractivity contribution in [2.45, 2.75) is 51.9 Å². The fourth-order valence-corrected chi connectivity index (χ4v) is 5.57. The van der Waals surface area contributed by atoms with Crippen LogP contribution in [-0.2, 0) is 9.53 Å². The molecule has 3 amide bonds. The lowest BCUT2D eigenvalue weighted by atomic mass is 10.0. The number of fused-ring (bicyclic) bond motifs is 2. The number of hydrogen-bond acceptors (Lipinski definition) is 7. The van der Waals surface area contributed by atoms with Crippen molar-refractivity contribution in [3.05, 3.63) is 63.9 Å². The van der Waals surface area contributed by atoms with Crippen molar-refractivity contribution in [1.29, 1.82) is 0 Å². The third kappa shape index (κ3) is 6.20. The summed E-state index contributed by atoms with van der Waals surface area (Å²) < 4.78 is 75.2. The number of aromatic nitrogens is 2. The second-order valence-corrected chi connectivity index (χ2v) is 12.1. The van der Waals surface area contributed by atoms with E-state index in [1.165, 1.54) is 19.1 Å². The summed E-state index contributed by atoms with van der Waals surface area (Å²) in [7, 11) is 0. The molecule has 15 heteroatoms. The summed E-state index contributed by atoms with van der Waals surface area (Å²) in [5.74, 6) is -4.22. The molecular weight excluding hydrogens is 605 g/mol. The molecule has 2 aromatic heterocycles. The van der Waals surface area contributed by atoms with Gasteiger partial charge in [0.25, 0.3) is 5.91 Å². The molecule has 0 saturated carbocycles. The van der Waals surface area contributed by atoms with Crippen LogP contribution in [0.1, 0.15) is 44.5 Å². The van der Waals surface area contributed by atoms with E-state index in [0.29, 0.717) is 12.6 Å². The number of halogens is 5. The van der Waals surface area contributed by atoms with Gasteiger partial charge in [0.1, 0.15) is 34.7 Å². The number of carbonyl (C=O) groups excluding carboxylic acids is 3. The second kappa shape index (κ2) is 11.4. The molecule has 3 atom stereocenters. The van der Waals surface area contributed by atoms with E-state index in [9.17, 15) is 36.7 Å². The average Bonchev–Trinajstić information content (AvgIpc) is 3.49. The third-order valence-corrected chi connectivity index (χ3v) is 7.74. The van der Waals surface area contributed by atoms with Gasteiger partial charge in [0.15, 0.2) is 5.65 Å². The summed E-state index contributed by atoms with van der Waals surface area (Å²) in [4.78, 5) is 59.3. The van der Waals surface area contributed by atoms with Crippen molar-refractivity contribution >= 4 is 34.8 Å². The molecule has 4 heterocycles. The predicted octanol–water partition coefficient (Wildman–Crippen LogP) is 4.56. The van der Waals surface area contributed by atoms with E-state index in [4.69, 9.17) is 4.74 Å². The van der Waals surface area contributed by atoms with Crippen molar-refractivity contribution in [2.24, 2.45) is 11.8 Å². The standard InChI is InChI=1S/C30H30F5N5O5/c1-5-22(30(33,34)35)36-26(42)19-14-39(21-8-6-16(31)10-20(21)32)25-17(24(19)41)7-9-23(37-25)38-11-15-12-40(27(43)18(15)13-38)28(44)45-29(2,3)4/h6-10,14-15,18,22H,5,11-13H2,1-4H3,(H,36,42)/t15?,18?,22-/m1/s1. The van der Waals surface area contributed by atoms with Gasteiger partial charge in [0.05, 0.1) is 17.0 Å². The Morgan fingerprint density at radius 2 is 1.78 bits per heavy atom. The molecule has 5 rings (SSSR count). The van der Waals surface area contributed by atoms with Crippen molar-refractivity contribution in [1.82, 2.24) is 19.8 Å². The Kier molecular flexibility index (Phi) is 8.08. The summed E-state index contributed by atoms with van der Waals surface area (Å²) in [5.41, 5.74) is -2.90. The zero-order valence-corrected chi connectivity index (χ0v) is 24.7. The van der Waals surface area contributed by atoms with Crippen LogP contribution in [0, 0.1) is 23.5 Å². The SMILES string of the molecule is CC[C@@H](NC(=O)c1cn(-c2ccc(F)cc2F)c2nc(N3CC4CN(C(=O)OC(C)(C)C)C(=O)C4C3)ccc2c1=O)C(F)(F)F. The molecule has 2 unspecified atom stereocenters. The summed E-state index contributed by atoms with van der Waals surface area (Å²) in [6, 6.07) is 3.06. The number of ether oxygens (including phenoxy) is 1. The topological polar surface area (TPSA) is 114 Å². The zero-order chi connectivity index (χ0) is 33.0. The molecule has 2 saturated heterocycles. The molecule has 10 nitrogen and oxygen atoms in total. The first-order valence-electron chi connectivity index (χ1n) is 14.2. The smallest absolute Gasteiger partial charge is 0.417 e. The fraction of sp³-hybridized carbons (Fsp3) is 0.433. The highest BCUT2D eigenvalue weighted by Gasteiger charge is 2.49. The van der Waals surface area contributed by atoms with Crippen LogP contribution in [0.3, 0.4) is 0 Å². The first kappa shape index (κ1) is 31.9. The van der Waals surface area contributed by atoms with Gasteiger partial charge >= 0.3 is 12.3 Å². The van der Waals surface area contributed by atoms with Gasteiger partial charge in [0.2, 0.25) is 11.3 Å². The maximum Gasteiger partial charge on any atom is 0.417 e. The van der Waals surface area contributed by atoms with Gasteiger partial charge in [-0.15, -0.1) is 0 Å². The molecule has 2 aliphatic rings. The van der Waals surface area contributed by atoms with Gasteiger partial charge in [0, 0.05) is 37.8 Å². The number of alkyl halides is 3. The third-order valence-electron chi connectivity index (χ3n) is 7.74. The van der Waals surface area contributed by atoms with Gasteiger partial charge < -0.3 is 15.0 Å². The second-order valence-electron chi connectivity index (χ2n) is 12.1. The molecule has 1 aromatic carbocycles. The first-order valence-corrected chi connectivity index (χ1v) is 14.2. The van der Waals surface area contributed by atoms with Crippen molar-refractivity contribution in [3.63, 3.8) is 0 Å². The van der Waals surface area contributed by atoms with Crippen LogP contribution in [0.25, 0.3) is 16.7 Å². The molecule has 2 fully saturated rings. The Bertz CT molecular complexity index is 1750. The Morgan fingerprint density at radius 1 is 1.07 bits per heavy atom. The molecule has 0 spiro atoms. The molecule has 3 aromatic rings. The van der Waals surface area contributed by atoms with E-state index >= 15 is 4.39 Å². The van der Waals surface area contributed by atoms with Crippen LogP contribution in [0.2, 0.25) is 0 Å². The van der Waals surface area contributed by atoms with E-state index < -0.39 is 70.7 Å². The number of carbonyl (C=O) groups is 3. The molecule has 45 heavy (non-hydrogen) atoms. The number of likely N-dealkylation sites (tertiary alicyclic amines) is 1. The number of anilines is 1. The number of hydrogen-bond donors (Lipinski definition) is 1. The van der Waals surface area contributed by atoms with Gasteiger partial charge in [-0.2, -0.15) is 13.2 Å². The normalized spacial score (nSPS) is 19.2. The molecular formula is C30H30F5N5O5. The number of imide groups is 1. The average molecular weight is 636 g/mol. The maximum absolute atomic E-state index is 15.0. The quantitative estimate of drug-likeness (QED) is 0.409. The monoisotopic (exact) mass is 635 g/mol. The Hall–Kier alpha value is -4.56. The molecule has 1 N–H and O–H groups in total. The number of benzene rings is 1. The summed E-state index contributed by atoms with van der Waals surface area (Å²) in [6.07, 6.45) is -5.14. The minimum Gasteiger partial charge on any atom is -0.443 e. The highest BCUT2D eigenvalue weighted by molar-refractivity contribution is 5.98. The van der Waals surface area contributed by atoms with Gasteiger partial charge in [-0.05, 0) is 51.5 Å². The lowest BCUT2D eigenvalue weighted by molar-refractivity contribution is -0.153. The van der Waals surface area contributed by atoms with Crippen LogP contribution in [0.15, 0.2) is 41.3 Å². The van der Waals surface area contributed by atoms with Crippen LogP contribution < -0.4 is 15.6 Å². The molecule has 2 aliphatic heterocycles. The number of pyridine rings is 2. The molecule has 0 radical (unpaired) electrons. The minimum absolute atomic E-state index is 0.128. The van der Waals surface area contributed by atoms with E-state index in [0.717, 1.165) is 27.8 Å². The molecule has 240 valence electrons. The summed E-state index contributed by atoms with van der Waals surface area (Å²) in [6.45, 7) is 6.89. The maximum atomic E-state index is 15.0. The lowest BCUT2D eigenvalue weighted by Gasteiger charge is -2.25. The number of nitrogens with zero attached hydrogens (tertiary/aromatic N) is 4. The van der Waals surface area contributed by atoms with Crippen LogP contribution in [0.5, 0.6) is 0 Å². The van der Waals surface area contributed by atoms with Crippen molar-refractivity contribution < 1.29 is 41.1 Å². The van der Waals surface area contributed by atoms with Gasteiger partial charge in [-0.3, -0.25) is 19.0 Å². The van der Waals surface area contributed by atoms with E-state index in [1.54, 1.807) is 25.7 Å². The summed E-state index contributed by atoms with van der Waals surface area (Å²) >= 11 is 0. The predicted molar refractivity (Wildman–Crippen MR) is 152 cm³/mol. The number of amides is 3. The Morgan fingerprint density at radius 3 is 2.38 bits per heavy atom. The highest BCUT2D eigenvalue weighted by Crippen LogP contribution is 2.36. The van der Waals surface area contributed by atoms with E-state index in [-0.39, 0.29) is 41.5 Å².